The van der Waals surface area contributed by atoms with Crippen molar-refractivity contribution in [2.45, 2.75) is 0 Å². The van der Waals surface area contributed by atoms with Crippen LogP contribution in [0.25, 0.3) is 0 Å². The molecule has 54 valence electrons. The van der Waals surface area contributed by atoms with E-state index in [2.05, 4.69) is 0 Å². The molecule has 0 rings (SSSR count). The molecule has 0 aromatic heterocycles. The summed E-state index contributed by atoms with van der Waals surface area (Å²) < 4.78 is 0. The van der Waals surface area contributed by atoms with Crippen molar-refractivity contribution >= 4 is 46.3 Å². The molecule has 0 spiro atoms. The number of aldehydes is 1. The second-order valence-electron chi connectivity index (χ2n) is 0.810. The van der Waals surface area contributed by atoms with E-state index < -0.39 is 5.24 Å². The third-order valence-electron chi connectivity index (χ3n) is 0.168. The van der Waals surface area contributed by atoms with Gasteiger partial charge in [0.15, 0.2) is 0 Å². The molecule has 5 heteroatoms. The van der Waals surface area contributed by atoms with E-state index >= 15 is 0 Å². The second kappa shape index (κ2) is 11.1. The number of carbonyl (C=O) groups is 2. The molecule has 0 aromatic rings. The van der Waals surface area contributed by atoms with Crippen molar-refractivity contribution in [3.63, 3.8) is 0 Å². The van der Waals surface area contributed by atoms with Crippen LogP contribution in [-0.4, -0.2) is 23.3 Å². The minimum absolute atomic E-state index is 0.0957. The third-order valence-corrected chi connectivity index (χ3v) is 0.807. The summed E-state index contributed by atoms with van der Waals surface area (Å²) in [5, 5.41) is -0.508. The van der Waals surface area contributed by atoms with Crippen LogP contribution in [0.2, 0.25) is 0 Å². The Bertz CT molecular complexity index is 83.9. The van der Waals surface area contributed by atoms with Crippen molar-refractivity contribution < 1.29 is 9.59 Å². The van der Waals surface area contributed by atoms with Crippen molar-refractivity contribution in [1.29, 1.82) is 0 Å². The SMILES string of the molecule is O=C(Cl)CCl.O=CCCl. The topological polar surface area (TPSA) is 34.1 Å². The molecular weight excluding hydrogens is 186 g/mol. The fourth-order valence-electron chi connectivity index (χ4n) is 0. The Labute approximate surface area is 68.1 Å². The molecule has 0 saturated heterocycles. The first-order valence-corrected chi connectivity index (χ1v) is 3.37. The number of halogens is 3. The Balaban J connectivity index is 0. The maximum Gasteiger partial charge on any atom is 0.236 e. The van der Waals surface area contributed by atoms with Gasteiger partial charge in [-0.1, -0.05) is 0 Å². The highest BCUT2D eigenvalue weighted by molar-refractivity contribution is 6.67. The van der Waals surface area contributed by atoms with Gasteiger partial charge < -0.3 is 4.79 Å². The molecule has 2 nitrogen and oxygen atoms in total. The molecule has 0 N–H and O–H groups in total. The minimum Gasteiger partial charge on any atom is -0.302 e. The van der Waals surface area contributed by atoms with Gasteiger partial charge in [0.05, 0.1) is 11.8 Å². The minimum atomic E-state index is -0.508. The lowest BCUT2D eigenvalue weighted by Gasteiger charge is -1.65. The molecule has 0 bridgehead atoms. The van der Waals surface area contributed by atoms with Crippen LogP contribution in [0.4, 0.5) is 0 Å². The monoisotopic (exact) mass is 190 g/mol. The summed E-state index contributed by atoms with van der Waals surface area (Å²) in [6.07, 6.45) is 0.640. The van der Waals surface area contributed by atoms with Gasteiger partial charge in [-0.2, -0.15) is 0 Å². The van der Waals surface area contributed by atoms with Crippen LogP contribution in [0, 0.1) is 0 Å². The first kappa shape index (κ1) is 11.9. The normalized spacial score (nSPS) is 7.00. The molecule has 0 aliphatic carbocycles. The van der Waals surface area contributed by atoms with E-state index in [4.69, 9.17) is 39.6 Å². The van der Waals surface area contributed by atoms with Gasteiger partial charge in [0.2, 0.25) is 5.24 Å². The zero-order valence-corrected chi connectivity index (χ0v) is 6.71. The molecule has 0 radical (unpaired) electrons. The highest BCUT2D eigenvalue weighted by Gasteiger charge is 1.83. The van der Waals surface area contributed by atoms with Crippen molar-refractivity contribution in [3.05, 3.63) is 0 Å². The number of hydrogen-bond acceptors (Lipinski definition) is 2. The van der Waals surface area contributed by atoms with Gasteiger partial charge in [0.25, 0.3) is 0 Å². The number of carbonyl (C=O) groups excluding carboxylic acids is 2. The highest BCUT2D eigenvalue weighted by atomic mass is 35.5. The van der Waals surface area contributed by atoms with Crippen LogP contribution in [0.3, 0.4) is 0 Å². The number of rotatable bonds is 2. The van der Waals surface area contributed by atoms with Gasteiger partial charge in [-0.05, 0) is 11.6 Å². The summed E-state index contributed by atoms with van der Waals surface area (Å²) in [4.78, 5) is 18.5. The Morgan fingerprint density at radius 2 is 1.67 bits per heavy atom. The van der Waals surface area contributed by atoms with Gasteiger partial charge in [0.1, 0.15) is 6.29 Å². The van der Waals surface area contributed by atoms with E-state index in [1.165, 1.54) is 0 Å². The zero-order valence-electron chi connectivity index (χ0n) is 4.44. The van der Waals surface area contributed by atoms with Gasteiger partial charge in [-0.15, -0.1) is 23.2 Å². The number of hydrogen-bond donors (Lipinski definition) is 0. The number of alkyl halides is 2. The fourth-order valence-corrected chi connectivity index (χ4v) is 0. The van der Waals surface area contributed by atoms with Gasteiger partial charge in [-0.25, -0.2) is 0 Å². The maximum atomic E-state index is 9.45. The Morgan fingerprint density at radius 3 is 1.67 bits per heavy atom. The Kier molecular flexibility index (Phi) is 14.7. The van der Waals surface area contributed by atoms with Gasteiger partial charge in [-0.3, -0.25) is 4.79 Å². The van der Waals surface area contributed by atoms with Crippen LogP contribution >= 0.6 is 34.8 Å². The molecular formula is C4H5Cl3O2. The van der Waals surface area contributed by atoms with Crippen LogP contribution in [0.1, 0.15) is 0 Å². The summed E-state index contributed by atoms with van der Waals surface area (Å²) in [7, 11) is 0. The van der Waals surface area contributed by atoms with Crippen molar-refractivity contribution in [1.82, 2.24) is 0 Å². The predicted octanol–water partition coefficient (Wildman–Crippen LogP) is 1.41. The molecule has 0 atom stereocenters. The standard InChI is InChI=1S/C2H2Cl2O.C2H3ClO/c3-1-2(4)5;3-1-2-4/h1H2;2H,1H2. The third kappa shape index (κ3) is 30.7. The van der Waals surface area contributed by atoms with Crippen LogP contribution < -0.4 is 0 Å². The first-order valence-electron chi connectivity index (χ1n) is 1.93. The summed E-state index contributed by atoms with van der Waals surface area (Å²) in [6, 6.07) is 0. The van der Waals surface area contributed by atoms with Crippen molar-refractivity contribution in [2.75, 3.05) is 11.8 Å². The molecule has 0 aliphatic heterocycles. The average Bonchev–Trinajstić information content (AvgIpc) is 1.89. The van der Waals surface area contributed by atoms with E-state index in [1.807, 2.05) is 0 Å². The summed E-state index contributed by atoms with van der Waals surface area (Å²) in [5.41, 5.74) is 0. The molecule has 0 fully saturated rings. The predicted molar refractivity (Wildman–Crippen MR) is 38.4 cm³/mol. The summed E-state index contributed by atoms with van der Waals surface area (Å²) in [6.45, 7) is 0. The highest BCUT2D eigenvalue weighted by Crippen LogP contribution is 1.80. The van der Waals surface area contributed by atoms with Gasteiger partial charge >= 0.3 is 0 Å². The van der Waals surface area contributed by atoms with Crippen LogP contribution in [-0.2, 0) is 9.59 Å². The maximum absolute atomic E-state index is 9.45. The summed E-state index contributed by atoms with van der Waals surface area (Å²) >= 11 is 14.4. The van der Waals surface area contributed by atoms with E-state index in [0.717, 1.165) is 0 Å². The average molecular weight is 191 g/mol. The molecule has 0 heterocycles. The molecule has 0 unspecified atom stereocenters. The first-order chi connectivity index (χ1) is 4.18. The lowest BCUT2D eigenvalue weighted by atomic mass is 10.9. The van der Waals surface area contributed by atoms with Crippen molar-refractivity contribution in [3.8, 4) is 0 Å². The fraction of sp³-hybridized carbons (Fsp3) is 0.500. The Hall–Kier alpha value is 0.210. The van der Waals surface area contributed by atoms with Crippen LogP contribution in [0.15, 0.2) is 0 Å². The molecule has 0 aromatic carbocycles. The van der Waals surface area contributed by atoms with Crippen molar-refractivity contribution in [2.24, 2.45) is 0 Å². The van der Waals surface area contributed by atoms with E-state index in [1.54, 1.807) is 0 Å². The van der Waals surface area contributed by atoms with E-state index in [0.29, 0.717) is 6.29 Å². The van der Waals surface area contributed by atoms with Crippen LogP contribution in [0.5, 0.6) is 0 Å². The smallest absolute Gasteiger partial charge is 0.236 e. The molecule has 9 heavy (non-hydrogen) atoms. The quantitative estimate of drug-likeness (QED) is 0.376. The zero-order chi connectivity index (χ0) is 7.70. The largest absolute Gasteiger partial charge is 0.302 e. The summed E-state index contributed by atoms with van der Waals surface area (Å²) in [5.74, 6) is 0.0154. The van der Waals surface area contributed by atoms with Gasteiger partial charge in [0, 0.05) is 0 Å². The molecule has 0 saturated carbocycles. The second-order valence-corrected chi connectivity index (χ2v) is 1.81. The molecule has 0 amide bonds. The Morgan fingerprint density at radius 1 is 1.44 bits per heavy atom. The molecule has 0 aliphatic rings. The van der Waals surface area contributed by atoms with E-state index in [9.17, 15) is 4.79 Å². The van der Waals surface area contributed by atoms with E-state index in [-0.39, 0.29) is 11.8 Å². The lowest BCUT2D eigenvalue weighted by Crippen LogP contribution is -1.81. The lowest BCUT2D eigenvalue weighted by molar-refractivity contribution is -0.109.